The Morgan fingerprint density at radius 2 is 1.72 bits per heavy atom. The van der Waals surface area contributed by atoms with Crippen LogP contribution in [-0.2, 0) is 6.54 Å². The molecule has 3 heterocycles. The van der Waals surface area contributed by atoms with Crippen molar-refractivity contribution in [3.8, 4) is 0 Å². The highest BCUT2D eigenvalue weighted by atomic mass is 16.1. The summed E-state index contributed by atoms with van der Waals surface area (Å²) >= 11 is 0. The molecule has 2 aliphatic rings. The van der Waals surface area contributed by atoms with Gasteiger partial charge in [-0.25, -0.2) is 9.48 Å². The second-order valence-corrected chi connectivity index (χ2v) is 9.05. The third kappa shape index (κ3) is 3.54. The standard InChI is InChI=1S/C24H27N7O/c32-24-25-20-8-4-5-9-21(20)31(24)19-12-14-29(15-13-19)22(18-10-11-18)23-26-27-28-30(23)16-17-6-2-1-3-7-17/h1-9,18-19,22H,10-16H2,(H,25,32). The topological polar surface area (TPSA) is 84.6 Å². The van der Waals surface area contributed by atoms with E-state index in [1.54, 1.807) is 0 Å². The van der Waals surface area contributed by atoms with Gasteiger partial charge in [0.2, 0.25) is 0 Å². The highest BCUT2D eigenvalue weighted by molar-refractivity contribution is 5.75. The third-order valence-electron chi connectivity index (χ3n) is 6.95. The number of likely N-dealkylation sites (tertiary alicyclic amines) is 1. The van der Waals surface area contributed by atoms with Crippen LogP contribution in [0.1, 0.15) is 49.2 Å². The summed E-state index contributed by atoms with van der Waals surface area (Å²) in [6.45, 7) is 2.57. The van der Waals surface area contributed by atoms with Crippen molar-refractivity contribution in [2.24, 2.45) is 5.92 Å². The molecule has 164 valence electrons. The van der Waals surface area contributed by atoms with E-state index in [0.717, 1.165) is 42.8 Å². The highest BCUT2D eigenvalue weighted by Crippen LogP contribution is 2.45. The monoisotopic (exact) mass is 429 g/mol. The molecule has 32 heavy (non-hydrogen) atoms. The Balaban J connectivity index is 1.22. The molecule has 8 heteroatoms. The van der Waals surface area contributed by atoms with E-state index in [2.05, 4.69) is 49.7 Å². The molecule has 1 atom stereocenters. The van der Waals surface area contributed by atoms with Gasteiger partial charge in [-0.2, -0.15) is 0 Å². The molecule has 2 aromatic carbocycles. The lowest BCUT2D eigenvalue weighted by atomic mass is 10.00. The normalized spacial score (nSPS) is 18.9. The Hall–Kier alpha value is -3.26. The van der Waals surface area contributed by atoms with Gasteiger partial charge >= 0.3 is 5.69 Å². The Morgan fingerprint density at radius 1 is 0.969 bits per heavy atom. The van der Waals surface area contributed by atoms with Crippen LogP contribution in [0.2, 0.25) is 0 Å². The average molecular weight is 430 g/mol. The first kappa shape index (κ1) is 19.4. The molecule has 1 saturated heterocycles. The number of aromatic nitrogens is 6. The van der Waals surface area contributed by atoms with E-state index in [0.29, 0.717) is 12.5 Å². The molecule has 1 N–H and O–H groups in total. The van der Waals surface area contributed by atoms with Gasteiger partial charge in [-0.1, -0.05) is 42.5 Å². The van der Waals surface area contributed by atoms with Gasteiger partial charge in [-0.3, -0.25) is 9.47 Å². The zero-order valence-corrected chi connectivity index (χ0v) is 18.0. The molecule has 2 fully saturated rings. The van der Waals surface area contributed by atoms with Crippen molar-refractivity contribution in [3.63, 3.8) is 0 Å². The first-order valence-electron chi connectivity index (χ1n) is 11.5. The molecule has 2 aromatic heterocycles. The van der Waals surface area contributed by atoms with Crippen LogP contribution < -0.4 is 5.69 Å². The predicted octanol–water partition coefficient (Wildman–Crippen LogP) is 3.15. The van der Waals surface area contributed by atoms with Crippen molar-refractivity contribution >= 4 is 11.0 Å². The number of aromatic amines is 1. The summed E-state index contributed by atoms with van der Waals surface area (Å²) in [6, 6.07) is 18.8. The van der Waals surface area contributed by atoms with Crippen molar-refractivity contribution in [2.75, 3.05) is 13.1 Å². The van der Waals surface area contributed by atoms with Crippen molar-refractivity contribution in [2.45, 2.75) is 44.3 Å². The number of nitrogens with one attached hydrogen (secondary N) is 1. The number of para-hydroxylation sites is 2. The second kappa shape index (κ2) is 8.02. The number of hydrogen-bond donors (Lipinski definition) is 1. The average Bonchev–Trinajstić information content (AvgIpc) is 3.46. The van der Waals surface area contributed by atoms with Gasteiger partial charge in [0.25, 0.3) is 0 Å². The number of benzene rings is 2. The Labute approximate surface area is 185 Å². The molecule has 1 saturated carbocycles. The molecule has 0 spiro atoms. The van der Waals surface area contributed by atoms with Crippen molar-refractivity contribution in [3.05, 3.63) is 76.5 Å². The van der Waals surface area contributed by atoms with E-state index < -0.39 is 0 Å². The molecular weight excluding hydrogens is 402 g/mol. The number of rotatable bonds is 6. The zero-order chi connectivity index (χ0) is 21.5. The first-order chi connectivity index (χ1) is 15.8. The van der Waals surface area contributed by atoms with E-state index in [1.807, 2.05) is 39.6 Å². The lowest BCUT2D eigenvalue weighted by Crippen LogP contribution is -2.40. The molecular formula is C24H27N7O. The van der Waals surface area contributed by atoms with Crippen LogP contribution in [0.4, 0.5) is 0 Å². The Bertz CT molecular complexity index is 1260. The fourth-order valence-corrected chi connectivity index (χ4v) is 5.24. The van der Waals surface area contributed by atoms with Gasteiger partial charge in [0.1, 0.15) is 0 Å². The van der Waals surface area contributed by atoms with Crippen LogP contribution >= 0.6 is 0 Å². The molecule has 0 bridgehead atoms. The van der Waals surface area contributed by atoms with Crippen molar-refractivity contribution in [1.29, 1.82) is 0 Å². The number of nitrogens with zero attached hydrogens (tertiary/aromatic N) is 6. The number of H-pyrrole nitrogens is 1. The summed E-state index contributed by atoms with van der Waals surface area (Å²) in [5.74, 6) is 1.59. The molecule has 1 aliphatic heterocycles. The lowest BCUT2D eigenvalue weighted by molar-refractivity contribution is 0.113. The van der Waals surface area contributed by atoms with Gasteiger partial charge in [0.15, 0.2) is 5.82 Å². The number of hydrogen-bond acceptors (Lipinski definition) is 5. The maximum absolute atomic E-state index is 12.6. The number of imidazole rings is 1. The van der Waals surface area contributed by atoms with Crippen molar-refractivity contribution < 1.29 is 0 Å². The van der Waals surface area contributed by atoms with Crippen LogP contribution in [0.25, 0.3) is 11.0 Å². The minimum atomic E-state index is -0.00445. The van der Waals surface area contributed by atoms with E-state index in [9.17, 15) is 4.79 Å². The van der Waals surface area contributed by atoms with Gasteiger partial charge in [0, 0.05) is 19.1 Å². The Kier molecular flexibility index (Phi) is 4.87. The first-order valence-corrected chi connectivity index (χ1v) is 11.5. The van der Waals surface area contributed by atoms with Gasteiger partial charge in [-0.15, -0.1) is 5.10 Å². The summed E-state index contributed by atoms with van der Waals surface area (Å²) in [6.07, 6.45) is 4.35. The quantitative estimate of drug-likeness (QED) is 0.509. The van der Waals surface area contributed by atoms with Gasteiger partial charge < -0.3 is 4.98 Å². The van der Waals surface area contributed by atoms with Crippen LogP contribution in [0.3, 0.4) is 0 Å². The fourth-order valence-electron chi connectivity index (χ4n) is 5.24. The molecule has 1 unspecified atom stereocenters. The number of fused-ring (bicyclic) bond motifs is 1. The maximum atomic E-state index is 12.6. The fraction of sp³-hybridized carbons (Fsp3) is 0.417. The van der Waals surface area contributed by atoms with Crippen molar-refractivity contribution in [1.82, 2.24) is 34.7 Å². The summed E-state index contributed by atoms with van der Waals surface area (Å²) in [5, 5.41) is 12.8. The molecule has 8 nitrogen and oxygen atoms in total. The molecule has 0 radical (unpaired) electrons. The van der Waals surface area contributed by atoms with Gasteiger partial charge in [0.05, 0.1) is 23.6 Å². The van der Waals surface area contributed by atoms with E-state index in [4.69, 9.17) is 0 Å². The molecule has 6 rings (SSSR count). The van der Waals surface area contributed by atoms with Crippen LogP contribution in [0, 0.1) is 5.92 Å². The van der Waals surface area contributed by atoms with E-state index in [-0.39, 0.29) is 17.8 Å². The molecule has 1 aliphatic carbocycles. The summed E-state index contributed by atoms with van der Waals surface area (Å²) < 4.78 is 3.92. The summed E-state index contributed by atoms with van der Waals surface area (Å²) in [5.41, 5.74) is 3.11. The largest absolute Gasteiger partial charge is 0.326 e. The number of tetrazole rings is 1. The summed E-state index contributed by atoms with van der Waals surface area (Å²) in [4.78, 5) is 18.2. The van der Waals surface area contributed by atoms with Gasteiger partial charge in [-0.05, 0) is 59.7 Å². The highest BCUT2D eigenvalue weighted by Gasteiger charge is 2.41. The van der Waals surface area contributed by atoms with E-state index >= 15 is 0 Å². The lowest BCUT2D eigenvalue weighted by Gasteiger charge is -2.37. The third-order valence-corrected chi connectivity index (χ3v) is 6.95. The number of piperidine rings is 1. The van der Waals surface area contributed by atoms with E-state index in [1.165, 1.54) is 18.4 Å². The minimum Gasteiger partial charge on any atom is -0.306 e. The second-order valence-electron chi connectivity index (χ2n) is 9.05. The zero-order valence-electron chi connectivity index (χ0n) is 18.0. The predicted molar refractivity (Wildman–Crippen MR) is 121 cm³/mol. The summed E-state index contributed by atoms with van der Waals surface area (Å²) in [7, 11) is 0. The molecule has 0 amide bonds. The van der Waals surface area contributed by atoms with Crippen LogP contribution in [0.5, 0.6) is 0 Å². The minimum absolute atomic E-state index is 0.00445. The van der Waals surface area contributed by atoms with Crippen LogP contribution in [-0.4, -0.2) is 47.7 Å². The molecule has 4 aromatic rings. The maximum Gasteiger partial charge on any atom is 0.326 e. The SMILES string of the molecule is O=c1[nH]c2ccccc2n1C1CCN(C(c2nnnn2Cc2ccccc2)C2CC2)CC1. The smallest absolute Gasteiger partial charge is 0.306 e. The van der Waals surface area contributed by atoms with Crippen LogP contribution in [0.15, 0.2) is 59.4 Å². The Morgan fingerprint density at radius 3 is 2.50 bits per heavy atom.